The first-order valence-electron chi connectivity index (χ1n) is 7.53. The van der Waals surface area contributed by atoms with Crippen molar-refractivity contribution in [1.82, 2.24) is 0 Å². The maximum atomic E-state index is 12.0. The molecule has 116 valence electrons. The first-order valence-corrected chi connectivity index (χ1v) is 7.53. The van der Waals surface area contributed by atoms with Crippen molar-refractivity contribution in [1.29, 1.82) is 0 Å². The number of nitrogens with one attached hydrogen (secondary N) is 1. The van der Waals surface area contributed by atoms with Crippen LogP contribution < -0.4 is 10.1 Å². The van der Waals surface area contributed by atoms with Crippen LogP contribution in [0, 0.1) is 27.7 Å². The Morgan fingerprint density at radius 2 is 1.59 bits per heavy atom. The molecule has 2 aromatic rings. The molecule has 3 nitrogen and oxygen atoms in total. The second-order valence-electron chi connectivity index (χ2n) is 5.74. The van der Waals surface area contributed by atoms with Crippen molar-refractivity contribution in [3.8, 4) is 5.75 Å². The molecule has 0 heterocycles. The van der Waals surface area contributed by atoms with Gasteiger partial charge in [-0.25, -0.2) is 0 Å². The Balaban J connectivity index is 1.88. The molecule has 0 bridgehead atoms. The van der Waals surface area contributed by atoms with Crippen molar-refractivity contribution in [2.24, 2.45) is 0 Å². The van der Waals surface area contributed by atoms with Gasteiger partial charge in [-0.1, -0.05) is 24.3 Å². The highest BCUT2D eigenvalue weighted by Crippen LogP contribution is 2.20. The average Bonchev–Trinajstić information content (AvgIpc) is 2.42. The van der Waals surface area contributed by atoms with Gasteiger partial charge in [0, 0.05) is 5.69 Å². The lowest BCUT2D eigenvalue weighted by Crippen LogP contribution is -2.16. The summed E-state index contributed by atoms with van der Waals surface area (Å²) in [4.78, 5) is 12.0. The molecule has 2 aromatic carbocycles. The summed E-state index contributed by atoms with van der Waals surface area (Å²) >= 11 is 0. The van der Waals surface area contributed by atoms with E-state index in [1.165, 1.54) is 0 Å². The van der Waals surface area contributed by atoms with Gasteiger partial charge in [0.25, 0.3) is 0 Å². The molecule has 0 radical (unpaired) electrons. The van der Waals surface area contributed by atoms with Crippen LogP contribution in [-0.2, 0) is 4.79 Å². The number of hydrogen-bond donors (Lipinski definition) is 1. The largest absolute Gasteiger partial charge is 0.493 e. The fourth-order valence-corrected chi connectivity index (χ4v) is 2.49. The number of aryl methyl sites for hydroxylation is 4. The molecular weight excluding hydrogens is 274 g/mol. The lowest BCUT2D eigenvalue weighted by Gasteiger charge is -2.12. The lowest BCUT2D eigenvalue weighted by molar-refractivity contribution is -0.116. The van der Waals surface area contributed by atoms with E-state index in [4.69, 9.17) is 4.74 Å². The first kappa shape index (κ1) is 16.1. The highest BCUT2D eigenvalue weighted by molar-refractivity contribution is 5.92. The lowest BCUT2D eigenvalue weighted by atomic mass is 10.1. The Hall–Kier alpha value is -2.29. The van der Waals surface area contributed by atoms with Crippen LogP contribution in [0.5, 0.6) is 5.75 Å². The molecule has 0 aliphatic carbocycles. The standard InChI is InChI=1S/C19H23NO2/c1-13-10-14(2)12-17(11-13)22-9-8-18(21)20-19-15(3)6-5-7-16(19)4/h5-7,10-12H,8-9H2,1-4H3,(H,20,21). The van der Waals surface area contributed by atoms with Crippen molar-refractivity contribution in [2.75, 3.05) is 11.9 Å². The summed E-state index contributed by atoms with van der Waals surface area (Å²) in [7, 11) is 0. The SMILES string of the molecule is Cc1cc(C)cc(OCCC(=O)Nc2c(C)cccc2C)c1. The number of ether oxygens (including phenoxy) is 1. The highest BCUT2D eigenvalue weighted by Gasteiger charge is 2.07. The van der Waals surface area contributed by atoms with E-state index in [0.717, 1.165) is 33.7 Å². The summed E-state index contributed by atoms with van der Waals surface area (Å²) in [5.74, 6) is 0.791. The van der Waals surface area contributed by atoms with Crippen molar-refractivity contribution in [3.05, 3.63) is 58.7 Å². The third-order valence-electron chi connectivity index (χ3n) is 3.54. The maximum absolute atomic E-state index is 12.0. The molecule has 1 N–H and O–H groups in total. The number of rotatable bonds is 5. The average molecular weight is 297 g/mol. The molecule has 0 spiro atoms. The molecule has 0 saturated carbocycles. The second kappa shape index (κ2) is 7.12. The maximum Gasteiger partial charge on any atom is 0.227 e. The first-order chi connectivity index (χ1) is 10.5. The van der Waals surface area contributed by atoms with E-state index in [9.17, 15) is 4.79 Å². The zero-order valence-corrected chi connectivity index (χ0v) is 13.7. The number of anilines is 1. The summed E-state index contributed by atoms with van der Waals surface area (Å²) in [5.41, 5.74) is 5.37. The summed E-state index contributed by atoms with van der Waals surface area (Å²) in [5, 5.41) is 2.97. The number of hydrogen-bond acceptors (Lipinski definition) is 2. The van der Waals surface area contributed by atoms with Gasteiger partial charge in [0.2, 0.25) is 5.91 Å². The van der Waals surface area contributed by atoms with E-state index in [-0.39, 0.29) is 5.91 Å². The van der Waals surface area contributed by atoms with E-state index in [1.807, 2.05) is 58.0 Å². The molecule has 0 aliphatic heterocycles. The summed E-state index contributed by atoms with van der Waals surface area (Å²) in [6, 6.07) is 12.0. The molecule has 0 aliphatic rings. The van der Waals surface area contributed by atoms with Crippen LogP contribution in [0.15, 0.2) is 36.4 Å². The number of amides is 1. The van der Waals surface area contributed by atoms with E-state index in [0.29, 0.717) is 13.0 Å². The van der Waals surface area contributed by atoms with Crippen LogP contribution in [0.2, 0.25) is 0 Å². The molecule has 0 atom stereocenters. The van der Waals surface area contributed by atoms with Gasteiger partial charge in [-0.05, 0) is 62.1 Å². The molecule has 1 amide bonds. The highest BCUT2D eigenvalue weighted by atomic mass is 16.5. The van der Waals surface area contributed by atoms with Crippen molar-refractivity contribution < 1.29 is 9.53 Å². The number of benzene rings is 2. The van der Waals surface area contributed by atoms with Crippen molar-refractivity contribution in [2.45, 2.75) is 34.1 Å². The molecule has 0 fully saturated rings. The molecule has 0 unspecified atom stereocenters. The van der Waals surface area contributed by atoms with E-state index >= 15 is 0 Å². The summed E-state index contributed by atoms with van der Waals surface area (Å²) in [6.07, 6.45) is 0.334. The predicted octanol–water partition coefficient (Wildman–Crippen LogP) is 4.33. The Morgan fingerprint density at radius 3 is 2.18 bits per heavy atom. The van der Waals surface area contributed by atoms with Crippen LogP contribution in [0.3, 0.4) is 0 Å². The number of para-hydroxylation sites is 1. The normalized spacial score (nSPS) is 10.4. The Morgan fingerprint density at radius 1 is 1.00 bits per heavy atom. The Labute approximate surface area is 132 Å². The fourth-order valence-electron chi connectivity index (χ4n) is 2.49. The van der Waals surface area contributed by atoms with E-state index in [1.54, 1.807) is 0 Å². The monoisotopic (exact) mass is 297 g/mol. The second-order valence-corrected chi connectivity index (χ2v) is 5.74. The zero-order valence-electron chi connectivity index (χ0n) is 13.7. The minimum absolute atomic E-state index is 0.0261. The van der Waals surface area contributed by atoms with Crippen LogP contribution in [-0.4, -0.2) is 12.5 Å². The van der Waals surface area contributed by atoms with Crippen LogP contribution in [0.4, 0.5) is 5.69 Å². The predicted molar refractivity (Wildman–Crippen MR) is 90.6 cm³/mol. The van der Waals surface area contributed by atoms with E-state index < -0.39 is 0 Å². The molecule has 0 aromatic heterocycles. The topological polar surface area (TPSA) is 38.3 Å². The van der Waals surface area contributed by atoms with Crippen LogP contribution in [0.25, 0.3) is 0 Å². The molecular formula is C19H23NO2. The van der Waals surface area contributed by atoms with Gasteiger partial charge >= 0.3 is 0 Å². The molecule has 22 heavy (non-hydrogen) atoms. The summed E-state index contributed by atoms with van der Waals surface area (Å²) < 4.78 is 5.68. The van der Waals surface area contributed by atoms with Crippen molar-refractivity contribution >= 4 is 11.6 Å². The van der Waals surface area contributed by atoms with Crippen LogP contribution >= 0.6 is 0 Å². The quantitative estimate of drug-likeness (QED) is 0.892. The van der Waals surface area contributed by atoms with Gasteiger partial charge in [-0.15, -0.1) is 0 Å². The Kier molecular flexibility index (Phi) is 5.21. The van der Waals surface area contributed by atoms with Crippen molar-refractivity contribution in [3.63, 3.8) is 0 Å². The third-order valence-corrected chi connectivity index (χ3v) is 3.54. The summed E-state index contributed by atoms with van der Waals surface area (Å²) in [6.45, 7) is 8.43. The fraction of sp³-hybridized carbons (Fsp3) is 0.316. The van der Waals surface area contributed by atoms with Gasteiger partial charge < -0.3 is 10.1 Å². The molecule has 0 saturated heterocycles. The zero-order chi connectivity index (χ0) is 16.1. The van der Waals surface area contributed by atoms with Gasteiger partial charge in [-0.3, -0.25) is 4.79 Å². The minimum atomic E-state index is -0.0261. The minimum Gasteiger partial charge on any atom is -0.493 e. The van der Waals surface area contributed by atoms with Gasteiger partial charge in [0.05, 0.1) is 13.0 Å². The van der Waals surface area contributed by atoms with Gasteiger partial charge in [0.1, 0.15) is 5.75 Å². The molecule has 2 rings (SSSR count). The number of carbonyl (C=O) groups is 1. The Bertz CT molecular complexity index is 637. The van der Waals surface area contributed by atoms with Gasteiger partial charge in [-0.2, -0.15) is 0 Å². The van der Waals surface area contributed by atoms with E-state index in [2.05, 4.69) is 11.4 Å². The van der Waals surface area contributed by atoms with Crippen LogP contribution in [0.1, 0.15) is 28.7 Å². The third kappa shape index (κ3) is 4.35. The number of carbonyl (C=O) groups excluding carboxylic acids is 1. The molecule has 3 heteroatoms. The van der Waals surface area contributed by atoms with Gasteiger partial charge in [0.15, 0.2) is 0 Å². The smallest absolute Gasteiger partial charge is 0.227 e.